The monoisotopic (exact) mass is 424 g/mol. The highest BCUT2D eigenvalue weighted by atomic mass is 32.2. The van der Waals surface area contributed by atoms with Crippen LogP contribution in [0.3, 0.4) is 0 Å². The van der Waals surface area contributed by atoms with Gasteiger partial charge in [-0.25, -0.2) is 0 Å². The molecule has 0 atom stereocenters. The summed E-state index contributed by atoms with van der Waals surface area (Å²) in [5, 5.41) is 2.39. The van der Waals surface area contributed by atoms with Gasteiger partial charge in [0.15, 0.2) is 11.5 Å². The normalized spacial score (nSPS) is 15.2. The third kappa shape index (κ3) is 5.93. The average molecular weight is 425 g/mol. The molecule has 1 aliphatic rings. The minimum absolute atomic E-state index is 0.0849. The number of hydrogen-bond acceptors (Lipinski definition) is 7. The van der Waals surface area contributed by atoms with Crippen LogP contribution in [0.1, 0.15) is 18.9 Å². The Morgan fingerprint density at radius 1 is 1.32 bits per heavy atom. The Labute approximate surface area is 173 Å². The van der Waals surface area contributed by atoms with Crippen molar-refractivity contribution < 1.29 is 23.9 Å². The summed E-state index contributed by atoms with van der Waals surface area (Å²) in [7, 11) is 1.54. The number of ether oxygens (including phenoxy) is 2. The Balaban J connectivity index is 2.01. The minimum atomic E-state index is -0.360. The van der Waals surface area contributed by atoms with E-state index < -0.39 is 0 Å². The zero-order valence-corrected chi connectivity index (χ0v) is 17.8. The second-order valence-corrected chi connectivity index (χ2v) is 7.75. The maximum atomic E-state index is 12.5. The number of benzene rings is 1. The molecule has 0 aliphatic carbocycles. The zero-order chi connectivity index (χ0) is 20.5. The second kappa shape index (κ2) is 11.0. The number of carbonyl (C=O) groups excluding carboxylic acids is 3. The molecule has 1 fully saturated rings. The van der Waals surface area contributed by atoms with Crippen LogP contribution in [0.15, 0.2) is 23.1 Å². The highest BCUT2D eigenvalue weighted by Gasteiger charge is 2.34. The molecule has 0 spiro atoms. The number of hydrogen-bond donors (Lipinski definition) is 1. The predicted molar refractivity (Wildman–Crippen MR) is 113 cm³/mol. The van der Waals surface area contributed by atoms with Crippen LogP contribution < -0.4 is 14.8 Å². The summed E-state index contributed by atoms with van der Waals surface area (Å²) in [6.07, 6.45) is 4.00. The van der Waals surface area contributed by atoms with Gasteiger partial charge in [-0.15, -0.1) is 0 Å². The Hall–Kier alpha value is -2.13. The van der Waals surface area contributed by atoms with Crippen LogP contribution in [0, 0.1) is 0 Å². The van der Waals surface area contributed by atoms with E-state index in [-0.39, 0.29) is 30.1 Å². The molecule has 9 heteroatoms. The summed E-state index contributed by atoms with van der Waals surface area (Å²) < 4.78 is 10.8. The van der Waals surface area contributed by atoms with Crippen molar-refractivity contribution in [1.82, 2.24) is 10.2 Å². The van der Waals surface area contributed by atoms with Gasteiger partial charge in [0.1, 0.15) is 0 Å². The van der Waals surface area contributed by atoms with Crippen molar-refractivity contribution in [1.29, 1.82) is 0 Å². The van der Waals surface area contributed by atoms with Crippen LogP contribution >= 0.6 is 23.5 Å². The number of rotatable bonds is 10. The van der Waals surface area contributed by atoms with Gasteiger partial charge in [0, 0.05) is 25.3 Å². The quantitative estimate of drug-likeness (QED) is 0.578. The zero-order valence-electron chi connectivity index (χ0n) is 16.1. The highest BCUT2D eigenvalue weighted by Crippen LogP contribution is 2.34. The number of imide groups is 1. The van der Waals surface area contributed by atoms with E-state index in [4.69, 9.17) is 9.47 Å². The van der Waals surface area contributed by atoms with Crippen molar-refractivity contribution in [3.05, 3.63) is 28.7 Å². The molecule has 0 bridgehead atoms. The van der Waals surface area contributed by atoms with E-state index in [1.165, 1.54) is 0 Å². The lowest BCUT2D eigenvalue weighted by Crippen LogP contribution is -2.37. The topological polar surface area (TPSA) is 84.9 Å². The van der Waals surface area contributed by atoms with E-state index >= 15 is 0 Å². The minimum Gasteiger partial charge on any atom is -0.493 e. The van der Waals surface area contributed by atoms with Gasteiger partial charge in [0.05, 0.1) is 18.6 Å². The number of nitrogens with zero attached hydrogens (tertiary/aromatic N) is 1. The van der Waals surface area contributed by atoms with Gasteiger partial charge < -0.3 is 14.8 Å². The number of carbonyl (C=O) groups is 3. The lowest BCUT2D eigenvalue weighted by Gasteiger charge is -2.13. The Morgan fingerprint density at radius 2 is 2.11 bits per heavy atom. The molecule has 0 aromatic heterocycles. The van der Waals surface area contributed by atoms with Crippen molar-refractivity contribution >= 4 is 46.7 Å². The van der Waals surface area contributed by atoms with Crippen LogP contribution in [0.5, 0.6) is 11.5 Å². The van der Waals surface area contributed by atoms with Crippen molar-refractivity contribution in [2.75, 3.05) is 38.8 Å². The Kier molecular flexibility index (Phi) is 8.72. The first kappa shape index (κ1) is 22.2. The molecule has 0 unspecified atom stereocenters. The number of nitrogens with one attached hydrogen (secondary N) is 1. The summed E-state index contributed by atoms with van der Waals surface area (Å²) in [4.78, 5) is 37.8. The van der Waals surface area contributed by atoms with E-state index in [1.54, 1.807) is 43.1 Å². The first-order valence-electron chi connectivity index (χ1n) is 8.82. The SMILES string of the molecule is CCOc1ccc(/C=C2\SC(=O)N(CCNC(=O)CCSC)C2=O)cc1OC. The standard InChI is InChI=1S/C19H24N2O5S2/c1-4-26-14-6-5-13(11-15(14)25-2)12-16-18(23)21(19(24)28-16)9-8-20-17(22)7-10-27-3/h5-6,11-12H,4,7-10H2,1-3H3,(H,20,22)/b16-12-. The number of methoxy groups -OCH3 is 1. The molecule has 152 valence electrons. The van der Waals surface area contributed by atoms with Crippen molar-refractivity contribution in [2.45, 2.75) is 13.3 Å². The second-order valence-electron chi connectivity index (χ2n) is 5.77. The fraction of sp³-hybridized carbons (Fsp3) is 0.421. The van der Waals surface area contributed by atoms with Gasteiger partial charge >= 0.3 is 0 Å². The average Bonchev–Trinajstić information content (AvgIpc) is 2.95. The highest BCUT2D eigenvalue weighted by molar-refractivity contribution is 8.18. The van der Waals surface area contributed by atoms with Crippen LogP contribution in [-0.2, 0) is 9.59 Å². The summed E-state index contributed by atoms with van der Waals surface area (Å²) in [5.41, 5.74) is 0.733. The van der Waals surface area contributed by atoms with Gasteiger partial charge in [0.25, 0.3) is 11.1 Å². The fourth-order valence-corrected chi connectivity index (χ4v) is 3.74. The smallest absolute Gasteiger partial charge is 0.293 e. The molecule has 0 saturated carbocycles. The summed E-state index contributed by atoms with van der Waals surface area (Å²) in [5.74, 6) is 1.47. The number of thioether (sulfide) groups is 2. The first-order chi connectivity index (χ1) is 13.5. The molecule has 1 aromatic rings. The third-order valence-corrected chi connectivity index (χ3v) is 5.37. The van der Waals surface area contributed by atoms with Gasteiger partial charge in [-0.3, -0.25) is 19.3 Å². The van der Waals surface area contributed by atoms with Crippen LogP contribution in [-0.4, -0.2) is 60.8 Å². The van der Waals surface area contributed by atoms with Crippen molar-refractivity contribution in [3.8, 4) is 11.5 Å². The van der Waals surface area contributed by atoms with Crippen LogP contribution in [0.25, 0.3) is 6.08 Å². The molecule has 1 aliphatic heterocycles. The fourth-order valence-electron chi connectivity index (χ4n) is 2.48. The molecule has 1 heterocycles. The van der Waals surface area contributed by atoms with Crippen LogP contribution in [0.2, 0.25) is 0 Å². The molecule has 1 saturated heterocycles. The summed E-state index contributed by atoms with van der Waals surface area (Å²) >= 11 is 2.48. The molecule has 3 amide bonds. The molecule has 7 nitrogen and oxygen atoms in total. The lowest BCUT2D eigenvalue weighted by molar-refractivity contribution is -0.124. The molecular weight excluding hydrogens is 400 g/mol. The molecule has 1 N–H and O–H groups in total. The Bertz CT molecular complexity index is 767. The van der Waals surface area contributed by atoms with E-state index in [0.717, 1.165) is 28.0 Å². The van der Waals surface area contributed by atoms with Crippen molar-refractivity contribution in [2.24, 2.45) is 0 Å². The predicted octanol–water partition coefficient (Wildman–Crippen LogP) is 3.00. The largest absolute Gasteiger partial charge is 0.493 e. The lowest BCUT2D eigenvalue weighted by atomic mass is 10.2. The number of amides is 3. The molecular formula is C19H24N2O5S2. The summed E-state index contributed by atoms with van der Waals surface area (Å²) in [6.45, 7) is 2.80. The first-order valence-corrected chi connectivity index (χ1v) is 11.0. The third-order valence-electron chi connectivity index (χ3n) is 3.85. The van der Waals surface area contributed by atoms with E-state index in [0.29, 0.717) is 29.4 Å². The van der Waals surface area contributed by atoms with E-state index in [2.05, 4.69) is 5.32 Å². The Morgan fingerprint density at radius 3 is 2.79 bits per heavy atom. The van der Waals surface area contributed by atoms with Gasteiger partial charge in [-0.1, -0.05) is 6.07 Å². The van der Waals surface area contributed by atoms with E-state index in [1.807, 2.05) is 13.2 Å². The van der Waals surface area contributed by atoms with Gasteiger partial charge in [0.2, 0.25) is 5.91 Å². The maximum absolute atomic E-state index is 12.5. The van der Waals surface area contributed by atoms with E-state index in [9.17, 15) is 14.4 Å². The molecule has 28 heavy (non-hydrogen) atoms. The molecule has 2 rings (SSSR count). The van der Waals surface area contributed by atoms with Gasteiger partial charge in [-0.05, 0) is 48.7 Å². The van der Waals surface area contributed by atoms with Crippen LogP contribution in [0.4, 0.5) is 4.79 Å². The maximum Gasteiger partial charge on any atom is 0.293 e. The van der Waals surface area contributed by atoms with Crippen molar-refractivity contribution in [3.63, 3.8) is 0 Å². The molecule has 0 radical (unpaired) electrons. The van der Waals surface area contributed by atoms with Gasteiger partial charge in [-0.2, -0.15) is 11.8 Å². The summed E-state index contributed by atoms with van der Waals surface area (Å²) in [6, 6.07) is 5.32. The molecule has 1 aromatic carbocycles.